The third-order valence-electron chi connectivity index (χ3n) is 7.34. The number of rotatable bonds is 10. The molecule has 3 aromatic carbocycles. The first-order chi connectivity index (χ1) is 17.3. The molecular formula is C30H32N2O4. The normalized spacial score (nSPS) is 16.2. The van der Waals surface area contributed by atoms with Crippen molar-refractivity contribution in [3.63, 3.8) is 0 Å². The standard InChI is InChI=1S/C30H32N2O4/c1-4-20(2)19-36-23-16-14-21(15-17-23)26(30(3,29(31)35)22-10-6-5-7-11-22)18-32-27(33)24-12-8-9-13-25(24)28(32)34/h5-17,20,26H,4,18-19H2,1-3H3,(H2,31,35)/t20-,26+,30?/m0/s1. The fourth-order valence-electron chi connectivity index (χ4n) is 4.66. The van der Waals surface area contributed by atoms with E-state index >= 15 is 0 Å². The second kappa shape index (κ2) is 10.4. The number of carbonyl (C=O) groups excluding carboxylic acids is 3. The van der Waals surface area contributed by atoms with E-state index in [0.29, 0.717) is 23.7 Å². The zero-order chi connectivity index (χ0) is 25.9. The molecule has 186 valence electrons. The molecule has 0 radical (unpaired) electrons. The van der Waals surface area contributed by atoms with Gasteiger partial charge in [0, 0.05) is 12.5 Å². The van der Waals surface area contributed by atoms with Crippen molar-refractivity contribution >= 4 is 17.7 Å². The average molecular weight is 485 g/mol. The second-order valence-corrected chi connectivity index (χ2v) is 9.65. The second-order valence-electron chi connectivity index (χ2n) is 9.65. The third kappa shape index (κ3) is 4.63. The van der Waals surface area contributed by atoms with E-state index < -0.39 is 17.2 Å². The molecule has 1 heterocycles. The molecule has 4 rings (SSSR count). The Hall–Kier alpha value is -3.93. The van der Waals surface area contributed by atoms with Gasteiger partial charge in [-0.2, -0.15) is 0 Å². The lowest BCUT2D eigenvalue weighted by Crippen LogP contribution is -2.48. The molecule has 0 saturated heterocycles. The molecule has 0 aromatic heterocycles. The lowest BCUT2D eigenvalue weighted by atomic mass is 9.68. The van der Waals surface area contributed by atoms with E-state index in [0.717, 1.165) is 23.3 Å². The van der Waals surface area contributed by atoms with Crippen LogP contribution in [0.3, 0.4) is 0 Å². The van der Waals surface area contributed by atoms with Gasteiger partial charge in [-0.25, -0.2) is 0 Å². The molecule has 0 aliphatic carbocycles. The van der Waals surface area contributed by atoms with Crippen molar-refractivity contribution in [2.24, 2.45) is 11.7 Å². The van der Waals surface area contributed by atoms with Gasteiger partial charge >= 0.3 is 0 Å². The van der Waals surface area contributed by atoms with Gasteiger partial charge in [0.2, 0.25) is 5.91 Å². The molecule has 0 spiro atoms. The molecule has 0 bridgehead atoms. The number of imide groups is 1. The number of primary amides is 1. The molecule has 0 saturated carbocycles. The van der Waals surface area contributed by atoms with Crippen molar-refractivity contribution in [3.05, 3.63) is 101 Å². The predicted octanol–water partition coefficient (Wildman–Crippen LogP) is 4.93. The van der Waals surface area contributed by atoms with Crippen molar-refractivity contribution in [2.75, 3.05) is 13.2 Å². The van der Waals surface area contributed by atoms with Crippen LogP contribution in [0, 0.1) is 5.92 Å². The van der Waals surface area contributed by atoms with E-state index in [4.69, 9.17) is 10.5 Å². The zero-order valence-corrected chi connectivity index (χ0v) is 20.9. The summed E-state index contributed by atoms with van der Waals surface area (Å²) in [5.41, 5.74) is 7.10. The number of amides is 3. The number of hydrogen-bond acceptors (Lipinski definition) is 4. The molecule has 3 aromatic rings. The summed E-state index contributed by atoms with van der Waals surface area (Å²) < 4.78 is 5.91. The van der Waals surface area contributed by atoms with Gasteiger partial charge in [-0.1, -0.05) is 74.9 Å². The highest BCUT2D eigenvalue weighted by molar-refractivity contribution is 6.21. The number of nitrogens with two attached hydrogens (primary N) is 1. The zero-order valence-electron chi connectivity index (χ0n) is 20.9. The molecule has 1 unspecified atom stereocenters. The predicted molar refractivity (Wildman–Crippen MR) is 139 cm³/mol. The summed E-state index contributed by atoms with van der Waals surface area (Å²) in [6, 6.07) is 23.5. The lowest BCUT2D eigenvalue weighted by molar-refractivity contribution is -0.124. The topological polar surface area (TPSA) is 89.7 Å². The van der Waals surface area contributed by atoms with Gasteiger partial charge in [0.1, 0.15) is 5.75 Å². The highest BCUT2D eigenvalue weighted by Crippen LogP contribution is 2.41. The molecule has 3 atom stereocenters. The lowest BCUT2D eigenvalue weighted by Gasteiger charge is -2.37. The maximum absolute atomic E-state index is 13.2. The van der Waals surface area contributed by atoms with Crippen LogP contribution in [-0.4, -0.2) is 35.8 Å². The third-order valence-corrected chi connectivity index (χ3v) is 7.34. The van der Waals surface area contributed by atoms with E-state index in [2.05, 4.69) is 13.8 Å². The monoisotopic (exact) mass is 484 g/mol. The molecule has 36 heavy (non-hydrogen) atoms. The molecule has 2 N–H and O–H groups in total. The molecule has 1 aliphatic heterocycles. The van der Waals surface area contributed by atoms with E-state index in [1.54, 1.807) is 31.2 Å². The highest BCUT2D eigenvalue weighted by atomic mass is 16.5. The van der Waals surface area contributed by atoms with E-state index in [1.165, 1.54) is 4.90 Å². The first kappa shape index (κ1) is 25.2. The summed E-state index contributed by atoms with van der Waals surface area (Å²) in [5.74, 6) is -0.694. The quantitative estimate of drug-likeness (QED) is 0.413. The smallest absolute Gasteiger partial charge is 0.261 e. The number of ether oxygens (including phenoxy) is 1. The van der Waals surface area contributed by atoms with Crippen LogP contribution < -0.4 is 10.5 Å². The van der Waals surface area contributed by atoms with Crippen molar-refractivity contribution in [2.45, 2.75) is 38.5 Å². The summed E-state index contributed by atoms with van der Waals surface area (Å²) in [6.45, 7) is 6.64. The Labute approximate surface area is 212 Å². The minimum atomic E-state index is -1.18. The van der Waals surface area contributed by atoms with E-state index in [-0.39, 0.29) is 18.4 Å². The summed E-state index contributed by atoms with van der Waals surface area (Å²) in [5, 5.41) is 0. The molecule has 0 fully saturated rings. The van der Waals surface area contributed by atoms with Gasteiger partial charge in [0.05, 0.1) is 23.1 Å². The average Bonchev–Trinajstić information content (AvgIpc) is 3.15. The summed E-state index contributed by atoms with van der Waals surface area (Å²) >= 11 is 0. The summed E-state index contributed by atoms with van der Waals surface area (Å²) in [7, 11) is 0. The van der Waals surface area contributed by atoms with Gasteiger partial charge in [0.15, 0.2) is 0 Å². The van der Waals surface area contributed by atoms with Crippen molar-refractivity contribution in [1.82, 2.24) is 4.90 Å². The van der Waals surface area contributed by atoms with Crippen LogP contribution >= 0.6 is 0 Å². The van der Waals surface area contributed by atoms with Gasteiger partial charge in [-0.05, 0) is 48.2 Å². The Balaban J connectivity index is 1.74. The van der Waals surface area contributed by atoms with E-state index in [9.17, 15) is 14.4 Å². The number of nitrogens with zero attached hydrogens (tertiary/aromatic N) is 1. The maximum Gasteiger partial charge on any atom is 0.261 e. The van der Waals surface area contributed by atoms with Gasteiger partial charge < -0.3 is 10.5 Å². The minimum absolute atomic E-state index is 0.00769. The van der Waals surface area contributed by atoms with Crippen LogP contribution in [0.25, 0.3) is 0 Å². The van der Waals surface area contributed by atoms with Gasteiger partial charge in [0.25, 0.3) is 11.8 Å². The largest absolute Gasteiger partial charge is 0.493 e. The van der Waals surface area contributed by atoms with Crippen LogP contribution in [0.2, 0.25) is 0 Å². The molecule has 1 aliphatic rings. The Morgan fingerprint density at radius 2 is 1.47 bits per heavy atom. The van der Waals surface area contributed by atoms with Crippen LogP contribution in [0.15, 0.2) is 78.9 Å². The maximum atomic E-state index is 13.2. The number of carbonyl (C=O) groups is 3. The van der Waals surface area contributed by atoms with Crippen LogP contribution in [0.4, 0.5) is 0 Å². The minimum Gasteiger partial charge on any atom is -0.493 e. The van der Waals surface area contributed by atoms with Crippen LogP contribution in [0.5, 0.6) is 5.75 Å². The van der Waals surface area contributed by atoms with E-state index in [1.807, 2.05) is 54.6 Å². The SMILES string of the molecule is CC[C@H](C)COc1ccc([C@@H](CN2C(=O)c3ccccc3C2=O)C(C)(C(N)=O)c2ccccc2)cc1. The summed E-state index contributed by atoms with van der Waals surface area (Å²) in [4.78, 5) is 40.7. The Kier molecular flexibility index (Phi) is 7.25. The molecule has 6 nitrogen and oxygen atoms in total. The Morgan fingerprint density at radius 1 is 0.917 bits per heavy atom. The Morgan fingerprint density at radius 3 is 2.00 bits per heavy atom. The first-order valence-electron chi connectivity index (χ1n) is 12.3. The first-order valence-corrected chi connectivity index (χ1v) is 12.3. The Bertz CT molecular complexity index is 1220. The van der Waals surface area contributed by atoms with Gasteiger partial charge in [-0.15, -0.1) is 0 Å². The number of benzene rings is 3. The van der Waals surface area contributed by atoms with Gasteiger partial charge in [-0.3, -0.25) is 19.3 Å². The highest BCUT2D eigenvalue weighted by Gasteiger charge is 2.46. The molecular weight excluding hydrogens is 452 g/mol. The van der Waals surface area contributed by atoms with Crippen molar-refractivity contribution in [1.29, 1.82) is 0 Å². The molecule has 6 heteroatoms. The van der Waals surface area contributed by atoms with Crippen molar-refractivity contribution < 1.29 is 19.1 Å². The van der Waals surface area contributed by atoms with Crippen molar-refractivity contribution in [3.8, 4) is 5.75 Å². The number of hydrogen-bond donors (Lipinski definition) is 1. The molecule has 3 amide bonds. The number of fused-ring (bicyclic) bond motifs is 1. The fraction of sp³-hybridized carbons (Fsp3) is 0.300. The van der Waals surface area contributed by atoms with Crippen LogP contribution in [-0.2, 0) is 10.2 Å². The summed E-state index contributed by atoms with van der Waals surface area (Å²) in [6.07, 6.45) is 1.02. The fourth-order valence-corrected chi connectivity index (χ4v) is 4.66. The van der Waals surface area contributed by atoms with Crippen LogP contribution in [0.1, 0.15) is 65.0 Å².